The Morgan fingerprint density at radius 3 is 2.35 bits per heavy atom. The third kappa shape index (κ3) is 3.95. The van der Waals surface area contributed by atoms with Crippen LogP contribution in [0.3, 0.4) is 0 Å². The highest BCUT2D eigenvalue weighted by atomic mass is 35.5. The second-order valence-corrected chi connectivity index (χ2v) is 6.02. The van der Waals surface area contributed by atoms with Crippen LogP contribution in [0.5, 0.6) is 0 Å². The molecule has 0 spiro atoms. The standard InChI is InChI=1S/C16H15Cl2FO/c1-16(20,10-12-4-2-3-5-15(12)19)9-11-6-7-13(17)8-14(11)18/h2-8,20H,9-10H2,1H3. The molecule has 0 amide bonds. The van der Waals surface area contributed by atoms with E-state index in [0.29, 0.717) is 22.0 Å². The van der Waals surface area contributed by atoms with E-state index in [9.17, 15) is 9.50 Å². The van der Waals surface area contributed by atoms with Gasteiger partial charge < -0.3 is 5.11 Å². The third-order valence-corrected chi connectivity index (χ3v) is 3.70. The van der Waals surface area contributed by atoms with Crippen LogP contribution in [0.1, 0.15) is 18.1 Å². The predicted molar refractivity (Wildman–Crippen MR) is 80.9 cm³/mol. The highest BCUT2D eigenvalue weighted by molar-refractivity contribution is 6.35. The summed E-state index contributed by atoms with van der Waals surface area (Å²) >= 11 is 11.9. The summed E-state index contributed by atoms with van der Waals surface area (Å²) < 4.78 is 13.6. The summed E-state index contributed by atoms with van der Waals surface area (Å²) in [5.41, 5.74) is 0.194. The minimum Gasteiger partial charge on any atom is -0.389 e. The van der Waals surface area contributed by atoms with Crippen molar-refractivity contribution in [2.24, 2.45) is 0 Å². The van der Waals surface area contributed by atoms with Crippen LogP contribution in [0, 0.1) is 5.82 Å². The van der Waals surface area contributed by atoms with Crippen molar-refractivity contribution >= 4 is 23.2 Å². The fraction of sp³-hybridized carbons (Fsp3) is 0.250. The SMILES string of the molecule is CC(O)(Cc1ccccc1F)Cc1ccc(Cl)cc1Cl. The van der Waals surface area contributed by atoms with Crippen molar-refractivity contribution in [1.29, 1.82) is 0 Å². The molecule has 0 saturated carbocycles. The van der Waals surface area contributed by atoms with E-state index >= 15 is 0 Å². The first-order valence-electron chi connectivity index (χ1n) is 6.27. The van der Waals surface area contributed by atoms with E-state index in [1.54, 1.807) is 43.3 Å². The second kappa shape index (κ2) is 6.13. The van der Waals surface area contributed by atoms with E-state index in [4.69, 9.17) is 23.2 Å². The molecule has 0 radical (unpaired) electrons. The Kier molecular flexibility index (Phi) is 4.69. The first-order valence-corrected chi connectivity index (χ1v) is 7.03. The van der Waals surface area contributed by atoms with E-state index in [1.165, 1.54) is 6.07 Å². The summed E-state index contributed by atoms with van der Waals surface area (Å²) in [6.07, 6.45) is 0.552. The lowest BCUT2D eigenvalue weighted by atomic mass is 9.89. The minimum atomic E-state index is -1.08. The topological polar surface area (TPSA) is 20.2 Å². The maximum atomic E-state index is 13.6. The molecule has 2 aromatic rings. The summed E-state index contributed by atoms with van der Waals surface area (Å²) in [6.45, 7) is 1.67. The average molecular weight is 313 g/mol. The van der Waals surface area contributed by atoms with Gasteiger partial charge in [-0.25, -0.2) is 4.39 Å². The second-order valence-electron chi connectivity index (χ2n) is 5.18. The summed E-state index contributed by atoms with van der Waals surface area (Å²) in [5.74, 6) is -0.310. The molecule has 0 saturated heterocycles. The molecule has 0 fully saturated rings. The number of rotatable bonds is 4. The molecule has 4 heteroatoms. The zero-order valence-corrected chi connectivity index (χ0v) is 12.5. The van der Waals surface area contributed by atoms with Gasteiger partial charge in [-0.2, -0.15) is 0 Å². The number of halogens is 3. The van der Waals surface area contributed by atoms with Crippen LogP contribution >= 0.6 is 23.2 Å². The van der Waals surface area contributed by atoms with Crippen LogP contribution in [0.2, 0.25) is 10.0 Å². The Balaban J connectivity index is 2.17. The molecule has 1 atom stereocenters. The monoisotopic (exact) mass is 312 g/mol. The summed E-state index contributed by atoms with van der Waals surface area (Å²) in [4.78, 5) is 0. The molecule has 0 aliphatic heterocycles. The van der Waals surface area contributed by atoms with Crippen molar-refractivity contribution in [3.63, 3.8) is 0 Å². The lowest BCUT2D eigenvalue weighted by Crippen LogP contribution is -2.30. The first-order chi connectivity index (χ1) is 9.37. The van der Waals surface area contributed by atoms with Crippen LogP contribution < -0.4 is 0 Å². The van der Waals surface area contributed by atoms with Crippen LogP contribution in [-0.2, 0) is 12.8 Å². The van der Waals surface area contributed by atoms with Gasteiger partial charge in [0, 0.05) is 22.9 Å². The highest BCUT2D eigenvalue weighted by Gasteiger charge is 2.24. The van der Waals surface area contributed by atoms with E-state index in [1.807, 2.05) is 0 Å². The van der Waals surface area contributed by atoms with E-state index in [2.05, 4.69) is 0 Å². The van der Waals surface area contributed by atoms with Gasteiger partial charge in [-0.05, 0) is 36.2 Å². The predicted octanol–water partition coefficient (Wildman–Crippen LogP) is 4.67. The smallest absolute Gasteiger partial charge is 0.126 e. The molecule has 1 N–H and O–H groups in total. The summed E-state index contributed by atoms with van der Waals surface area (Å²) in [5, 5.41) is 11.5. The highest BCUT2D eigenvalue weighted by Crippen LogP contribution is 2.27. The average Bonchev–Trinajstić information content (AvgIpc) is 2.35. The number of hydrogen-bond acceptors (Lipinski definition) is 1. The fourth-order valence-electron chi connectivity index (χ4n) is 2.19. The molecule has 2 rings (SSSR count). The summed E-state index contributed by atoms with van der Waals surface area (Å²) in [6, 6.07) is 11.6. The van der Waals surface area contributed by atoms with Gasteiger partial charge in [-0.3, -0.25) is 0 Å². The van der Waals surface area contributed by atoms with Crippen molar-refractivity contribution < 1.29 is 9.50 Å². The van der Waals surface area contributed by atoms with E-state index in [-0.39, 0.29) is 12.2 Å². The van der Waals surface area contributed by atoms with E-state index < -0.39 is 5.60 Å². The Labute approximate surface area is 128 Å². The van der Waals surface area contributed by atoms with Gasteiger partial charge >= 0.3 is 0 Å². The zero-order valence-electron chi connectivity index (χ0n) is 11.0. The van der Waals surface area contributed by atoms with Crippen molar-refractivity contribution in [3.05, 3.63) is 69.5 Å². The molecule has 0 heterocycles. The molecule has 106 valence electrons. The molecule has 20 heavy (non-hydrogen) atoms. The summed E-state index contributed by atoms with van der Waals surface area (Å²) in [7, 11) is 0. The quantitative estimate of drug-likeness (QED) is 0.870. The molecular weight excluding hydrogens is 298 g/mol. The van der Waals surface area contributed by atoms with Crippen molar-refractivity contribution in [1.82, 2.24) is 0 Å². The fourth-order valence-corrected chi connectivity index (χ4v) is 2.67. The molecule has 2 aromatic carbocycles. The maximum Gasteiger partial charge on any atom is 0.126 e. The van der Waals surface area contributed by atoms with Gasteiger partial charge in [0.1, 0.15) is 5.82 Å². The zero-order chi connectivity index (χ0) is 14.8. The number of benzene rings is 2. The Hall–Kier alpha value is -1.09. The van der Waals surface area contributed by atoms with Gasteiger partial charge in [0.25, 0.3) is 0 Å². The number of aliphatic hydroxyl groups is 1. The van der Waals surface area contributed by atoms with Gasteiger partial charge in [-0.1, -0.05) is 47.5 Å². The Morgan fingerprint density at radius 1 is 1.05 bits per heavy atom. The van der Waals surface area contributed by atoms with Crippen molar-refractivity contribution in [2.75, 3.05) is 0 Å². The Morgan fingerprint density at radius 2 is 1.70 bits per heavy atom. The molecule has 0 aliphatic carbocycles. The number of hydrogen-bond donors (Lipinski definition) is 1. The third-order valence-electron chi connectivity index (χ3n) is 3.12. The van der Waals surface area contributed by atoms with Gasteiger partial charge in [-0.15, -0.1) is 0 Å². The lowest BCUT2D eigenvalue weighted by molar-refractivity contribution is 0.0599. The van der Waals surface area contributed by atoms with Gasteiger partial charge in [0.05, 0.1) is 5.60 Å². The molecule has 0 aliphatic rings. The van der Waals surface area contributed by atoms with Gasteiger partial charge in [0.2, 0.25) is 0 Å². The van der Waals surface area contributed by atoms with E-state index in [0.717, 1.165) is 5.56 Å². The normalized spacial score (nSPS) is 14.1. The lowest BCUT2D eigenvalue weighted by Gasteiger charge is -2.24. The van der Waals surface area contributed by atoms with Crippen molar-refractivity contribution in [3.8, 4) is 0 Å². The van der Waals surface area contributed by atoms with Gasteiger partial charge in [0.15, 0.2) is 0 Å². The van der Waals surface area contributed by atoms with Crippen LogP contribution in [0.25, 0.3) is 0 Å². The largest absolute Gasteiger partial charge is 0.389 e. The maximum absolute atomic E-state index is 13.6. The molecule has 0 bridgehead atoms. The molecule has 1 nitrogen and oxygen atoms in total. The minimum absolute atomic E-state index is 0.221. The van der Waals surface area contributed by atoms with Crippen LogP contribution in [0.4, 0.5) is 4.39 Å². The van der Waals surface area contributed by atoms with Crippen LogP contribution in [0.15, 0.2) is 42.5 Å². The molecule has 0 aromatic heterocycles. The molecular formula is C16H15Cl2FO. The molecule has 1 unspecified atom stereocenters. The first kappa shape index (κ1) is 15.3. The van der Waals surface area contributed by atoms with Crippen molar-refractivity contribution in [2.45, 2.75) is 25.4 Å². The van der Waals surface area contributed by atoms with Crippen LogP contribution in [-0.4, -0.2) is 10.7 Å². The Bertz CT molecular complexity index is 611.